The molecule has 0 aromatic heterocycles. The van der Waals surface area contributed by atoms with Gasteiger partial charge in [0.1, 0.15) is 23.3 Å². The molecule has 2 amide bonds. The van der Waals surface area contributed by atoms with Crippen molar-refractivity contribution < 1.29 is 23.8 Å². The topological polar surface area (TPSA) is 77.1 Å². The first-order chi connectivity index (χ1) is 15.1. The minimum atomic E-state index is -0.734. The Morgan fingerprint density at radius 3 is 2.06 bits per heavy atom. The number of amides is 2. The van der Waals surface area contributed by atoms with Gasteiger partial charge in [-0.05, 0) is 38.5 Å². The third-order valence-corrected chi connectivity index (χ3v) is 5.36. The van der Waals surface area contributed by atoms with E-state index in [4.69, 9.17) is 37.4 Å². The van der Waals surface area contributed by atoms with Crippen molar-refractivity contribution in [3.8, 4) is 17.2 Å². The maximum absolute atomic E-state index is 13.1. The number of methoxy groups -OCH3 is 2. The minimum absolute atomic E-state index is 0.0626. The van der Waals surface area contributed by atoms with Gasteiger partial charge in [0.15, 0.2) is 6.61 Å². The summed E-state index contributed by atoms with van der Waals surface area (Å²) in [6.07, 6.45) is 0. The van der Waals surface area contributed by atoms with Gasteiger partial charge >= 0.3 is 0 Å². The smallest absolute Gasteiger partial charge is 0.261 e. The third kappa shape index (κ3) is 7.21. The van der Waals surface area contributed by atoms with Crippen molar-refractivity contribution in [3.63, 3.8) is 0 Å². The van der Waals surface area contributed by atoms with Crippen LogP contribution in [-0.4, -0.2) is 49.6 Å². The monoisotopic (exact) mass is 482 g/mol. The molecule has 2 rings (SSSR count). The number of benzene rings is 2. The molecule has 0 heterocycles. The van der Waals surface area contributed by atoms with Gasteiger partial charge in [0, 0.05) is 30.8 Å². The van der Waals surface area contributed by atoms with Crippen molar-refractivity contribution in [2.45, 2.75) is 39.4 Å². The summed E-state index contributed by atoms with van der Waals surface area (Å²) in [6, 6.07) is 9.28. The zero-order valence-electron chi connectivity index (χ0n) is 18.8. The van der Waals surface area contributed by atoms with Crippen LogP contribution in [0.2, 0.25) is 10.0 Å². The fourth-order valence-electron chi connectivity index (χ4n) is 2.92. The molecule has 0 bridgehead atoms. The van der Waals surface area contributed by atoms with Crippen LogP contribution in [0.3, 0.4) is 0 Å². The highest BCUT2D eigenvalue weighted by atomic mass is 35.5. The van der Waals surface area contributed by atoms with Crippen LogP contribution < -0.4 is 19.5 Å². The third-order valence-electron chi connectivity index (χ3n) is 4.62. The molecule has 2 aromatic carbocycles. The van der Waals surface area contributed by atoms with E-state index in [1.165, 1.54) is 19.1 Å². The van der Waals surface area contributed by atoms with Gasteiger partial charge in [-0.1, -0.05) is 29.3 Å². The van der Waals surface area contributed by atoms with E-state index in [2.05, 4.69) is 5.32 Å². The summed E-state index contributed by atoms with van der Waals surface area (Å²) in [6.45, 7) is 5.26. The molecule has 174 valence electrons. The molecule has 1 atom stereocenters. The van der Waals surface area contributed by atoms with Crippen LogP contribution in [0.25, 0.3) is 0 Å². The van der Waals surface area contributed by atoms with Gasteiger partial charge in [-0.25, -0.2) is 0 Å². The van der Waals surface area contributed by atoms with Crippen molar-refractivity contribution in [1.29, 1.82) is 0 Å². The number of nitrogens with zero attached hydrogens (tertiary/aromatic N) is 1. The van der Waals surface area contributed by atoms with Gasteiger partial charge in [-0.15, -0.1) is 0 Å². The summed E-state index contributed by atoms with van der Waals surface area (Å²) < 4.78 is 16.1. The Balaban J connectivity index is 2.22. The van der Waals surface area contributed by atoms with Gasteiger partial charge in [0.25, 0.3) is 5.91 Å². The quantitative estimate of drug-likeness (QED) is 0.545. The van der Waals surface area contributed by atoms with Gasteiger partial charge in [0.2, 0.25) is 5.91 Å². The number of nitrogens with one attached hydrogen (secondary N) is 1. The molecule has 2 aromatic rings. The molecule has 0 saturated carbocycles. The van der Waals surface area contributed by atoms with Crippen molar-refractivity contribution in [1.82, 2.24) is 10.2 Å². The van der Waals surface area contributed by atoms with Gasteiger partial charge < -0.3 is 24.4 Å². The number of halogens is 2. The Morgan fingerprint density at radius 2 is 1.53 bits per heavy atom. The van der Waals surface area contributed by atoms with Crippen LogP contribution in [0.4, 0.5) is 0 Å². The van der Waals surface area contributed by atoms with E-state index in [1.54, 1.807) is 43.3 Å². The molecular formula is C23H28Cl2N2O5. The number of hydrogen-bond acceptors (Lipinski definition) is 5. The molecule has 0 aliphatic heterocycles. The summed E-state index contributed by atoms with van der Waals surface area (Å²) in [4.78, 5) is 27.2. The molecule has 1 N–H and O–H groups in total. The van der Waals surface area contributed by atoms with E-state index < -0.39 is 6.04 Å². The molecule has 0 aliphatic rings. The lowest BCUT2D eigenvalue weighted by Crippen LogP contribution is -2.50. The number of ether oxygens (including phenoxy) is 3. The van der Waals surface area contributed by atoms with E-state index in [0.717, 1.165) is 5.56 Å². The van der Waals surface area contributed by atoms with Crippen LogP contribution in [-0.2, 0) is 16.1 Å². The van der Waals surface area contributed by atoms with E-state index >= 15 is 0 Å². The standard InChI is InChI=1S/C23H28Cl2N2O5/c1-14(2)26-23(29)15(3)27(12-16-6-7-20(24)21(25)8-16)22(28)13-32-19-10-17(30-4)9-18(11-19)31-5/h6-11,14-15H,12-13H2,1-5H3,(H,26,29)/t15-/m1/s1. The van der Waals surface area contributed by atoms with Gasteiger partial charge in [-0.2, -0.15) is 0 Å². The van der Waals surface area contributed by atoms with Gasteiger partial charge in [0.05, 0.1) is 24.3 Å². The number of carbonyl (C=O) groups is 2. The number of hydrogen-bond donors (Lipinski definition) is 1. The molecule has 7 nitrogen and oxygen atoms in total. The van der Waals surface area contributed by atoms with Crippen LogP contribution in [0.1, 0.15) is 26.3 Å². The maximum Gasteiger partial charge on any atom is 0.261 e. The lowest BCUT2D eigenvalue weighted by atomic mass is 10.1. The first-order valence-electron chi connectivity index (χ1n) is 10.0. The van der Waals surface area contributed by atoms with Crippen molar-refractivity contribution in [2.75, 3.05) is 20.8 Å². The molecule has 32 heavy (non-hydrogen) atoms. The zero-order chi connectivity index (χ0) is 23.8. The summed E-state index contributed by atoms with van der Waals surface area (Å²) in [5.41, 5.74) is 0.736. The lowest BCUT2D eigenvalue weighted by Gasteiger charge is -2.29. The summed E-state index contributed by atoms with van der Waals surface area (Å²) in [7, 11) is 3.05. The van der Waals surface area contributed by atoms with Crippen LogP contribution >= 0.6 is 23.2 Å². The zero-order valence-corrected chi connectivity index (χ0v) is 20.3. The molecule has 0 spiro atoms. The number of rotatable bonds is 10. The summed E-state index contributed by atoms with van der Waals surface area (Å²) in [5.74, 6) is 0.831. The molecule has 0 unspecified atom stereocenters. The van der Waals surface area contributed by atoms with E-state index in [9.17, 15) is 9.59 Å². The van der Waals surface area contributed by atoms with Crippen molar-refractivity contribution in [2.24, 2.45) is 0 Å². The van der Waals surface area contributed by atoms with Crippen molar-refractivity contribution in [3.05, 3.63) is 52.0 Å². The second kappa shape index (κ2) is 11.8. The second-order valence-corrected chi connectivity index (χ2v) is 8.26. The molecule has 0 radical (unpaired) electrons. The summed E-state index contributed by atoms with van der Waals surface area (Å²) in [5, 5.41) is 3.62. The molecule has 0 aliphatic carbocycles. The summed E-state index contributed by atoms with van der Waals surface area (Å²) >= 11 is 12.1. The Morgan fingerprint density at radius 1 is 0.938 bits per heavy atom. The Kier molecular flexibility index (Phi) is 9.47. The second-order valence-electron chi connectivity index (χ2n) is 7.45. The minimum Gasteiger partial charge on any atom is -0.496 e. The Hall–Kier alpha value is -2.64. The first-order valence-corrected chi connectivity index (χ1v) is 10.8. The molecular weight excluding hydrogens is 455 g/mol. The predicted molar refractivity (Wildman–Crippen MR) is 125 cm³/mol. The predicted octanol–water partition coefficient (Wildman–Crippen LogP) is 4.33. The first kappa shape index (κ1) is 25.6. The fourth-order valence-corrected chi connectivity index (χ4v) is 3.24. The van der Waals surface area contributed by atoms with Crippen LogP contribution in [0.5, 0.6) is 17.2 Å². The largest absolute Gasteiger partial charge is 0.496 e. The SMILES string of the molecule is COc1cc(OC)cc(OCC(=O)N(Cc2ccc(Cl)c(Cl)c2)[C@H](C)C(=O)NC(C)C)c1. The highest BCUT2D eigenvalue weighted by Crippen LogP contribution is 2.28. The van der Waals surface area contributed by atoms with E-state index in [0.29, 0.717) is 27.3 Å². The van der Waals surface area contributed by atoms with E-state index in [1.807, 2.05) is 13.8 Å². The maximum atomic E-state index is 13.1. The Bertz CT molecular complexity index is 930. The van der Waals surface area contributed by atoms with Crippen LogP contribution in [0, 0.1) is 0 Å². The van der Waals surface area contributed by atoms with E-state index in [-0.39, 0.29) is 31.0 Å². The average Bonchev–Trinajstić information content (AvgIpc) is 2.76. The average molecular weight is 483 g/mol. The lowest BCUT2D eigenvalue weighted by molar-refractivity contribution is -0.142. The highest BCUT2D eigenvalue weighted by Gasteiger charge is 2.27. The molecule has 0 fully saturated rings. The molecule has 0 saturated heterocycles. The Labute approximate surface area is 198 Å². The molecule has 9 heteroatoms. The number of carbonyl (C=O) groups excluding carboxylic acids is 2. The fraction of sp³-hybridized carbons (Fsp3) is 0.391. The van der Waals surface area contributed by atoms with Crippen molar-refractivity contribution >= 4 is 35.0 Å². The van der Waals surface area contributed by atoms with Crippen LogP contribution in [0.15, 0.2) is 36.4 Å². The highest BCUT2D eigenvalue weighted by molar-refractivity contribution is 6.42. The van der Waals surface area contributed by atoms with Gasteiger partial charge in [-0.3, -0.25) is 9.59 Å². The normalized spacial score (nSPS) is 11.6.